The van der Waals surface area contributed by atoms with Crippen molar-refractivity contribution in [2.75, 3.05) is 20.1 Å². The number of pyridine rings is 1. The molecule has 0 atom stereocenters. The molecule has 0 saturated heterocycles. The van der Waals surface area contributed by atoms with Crippen molar-refractivity contribution in [2.45, 2.75) is 33.4 Å². The van der Waals surface area contributed by atoms with Crippen LogP contribution < -0.4 is 5.32 Å². The summed E-state index contributed by atoms with van der Waals surface area (Å²) in [7, 11) is 1.93. The van der Waals surface area contributed by atoms with Crippen LogP contribution in [0.1, 0.15) is 23.6 Å². The third-order valence-corrected chi connectivity index (χ3v) is 3.45. The third-order valence-electron chi connectivity index (χ3n) is 3.45. The molecule has 2 aromatic rings. The molecule has 2 heterocycles. The number of nitrogens with zero attached hydrogens (tertiary/aromatic N) is 5. The van der Waals surface area contributed by atoms with Gasteiger partial charge < -0.3 is 5.32 Å². The molecule has 124 valence electrons. The molecule has 7 heteroatoms. The van der Waals surface area contributed by atoms with Gasteiger partial charge in [-0.15, -0.1) is 0 Å². The van der Waals surface area contributed by atoms with E-state index in [1.807, 2.05) is 42.6 Å². The van der Waals surface area contributed by atoms with Gasteiger partial charge in [0.15, 0.2) is 0 Å². The number of hydrogen-bond acceptors (Lipinski definition) is 5. The minimum Gasteiger partial charge on any atom is -0.355 e. The summed E-state index contributed by atoms with van der Waals surface area (Å²) in [5, 5.41) is 7.24. The standard InChI is InChI=1S/C16H24N6O/c1-13-19-14(2)22(20-13)10-4-7-18-16(23)12-21(3)11-15-5-8-17-9-6-15/h5-6,8-9H,4,7,10-12H2,1-3H3,(H,18,23). The molecule has 7 nitrogen and oxygen atoms in total. The number of hydrogen-bond donors (Lipinski definition) is 1. The van der Waals surface area contributed by atoms with E-state index in [0.717, 1.165) is 36.7 Å². The average Bonchev–Trinajstić information content (AvgIpc) is 2.82. The molecule has 2 rings (SSSR count). The topological polar surface area (TPSA) is 75.9 Å². The predicted molar refractivity (Wildman–Crippen MR) is 87.7 cm³/mol. The van der Waals surface area contributed by atoms with Crippen LogP contribution in [-0.2, 0) is 17.9 Å². The molecule has 0 aliphatic rings. The summed E-state index contributed by atoms with van der Waals surface area (Å²) in [4.78, 5) is 22.2. The molecule has 0 unspecified atom stereocenters. The molecule has 2 aromatic heterocycles. The molecular formula is C16H24N6O. The van der Waals surface area contributed by atoms with Crippen LogP contribution in [0.2, 0.25) is 0 Å². The molecule has 0 fully saturated rings. The summed E-state index contributed by atoms with van der Waals surface area (Å²) < 4.78 is 1.87. The van der Waals surface area contributed by atoms with Crippen LogP contribution >= 0.6 is 0 Å². The van der Waals surface area contributed by atoms with E-state index in [9.17, 15) is 4.79 Å². The third kappa shape index (κ3) is 5.78. The first kappa shape index (κ1) is 17.1. The van der Waals surface area contributed by atoms with Gasteiger partial charge in [0, 0.05) is 32.0 Å². The van der Waals surface area contributed by atoms with Crippen LogP contribution in [0.25, 0.3) is 0 Å². The maximum absolute atomic E-state index is 11.9. The largest absolute Gasteiger partial charge is 0.355 e. The van der Waals surface area contributed by atoms with Gasteiger partial charge in [0.2, 0.25) is 5.91 Å². The van der Waals surface area contributed by atoms with Gasteiger partial charge in [-0.2, -0.15) is 5.10 Å². The summed E-state index contributed by atoms with van der Waals surface area (Å²) in [6.45, 7) is 6.33. The molecule has 1 N–H and O–H groups in total. The Labute approximate surface area is 136 Å². The van der Waals surface area contributed by atoms with E-state index in [4.69, 9.17) is 0 Å². The lowest BCUT2D eigenvalue weighted by molar-refractivity contribution is -0.122. The van der Waals surface area contributed by atoms with Crippen LogP contribution in [0.5, 0.6) is 0 Å². The van der Waals surface area contributed by atoms with Crippen LogP contribution in [0.15, 0.2) is 24.5 Å². The Hall–Kier alpha value is -2.28. The van der Waals surface area contributed by atoms with E-state index >= 15 is 0 Å². The zero-order valence-electron chi connectivity index (χ0n) is 14.0. The maximum atomic E-state index is 11.9. The van der Waals surface area contributed by atoms with Crippen LogP contribution in [0.3, 0.4) is 0 Å². The fourth-order valence-electron chi connectivity index (χ4n) is 2.39. The Morgan fingerprint density at radius 2 is 2.04 bits per heavy atom. The number of amides is 1. The maximum Gasteiger partial charge on any atom is 0.234 e. The highest BCUT2D eigenvalue weighted by Gasteiger charge is 2.07. The molecule has 0 aromatic carbocycles. The van der Waals surface area contributed by atoms with Gasteiger partial charge in [0.25, 0.3) is 0 Å². The fraction of sp³-hybridized carbons (Fsp3) is 0.500. The summed E-state index contributed by atoms with van der Waals surface area (Å²) in [6, 6.07) is 3.91. The molecule has 1 amide bonds. The minimum absolute atomic E-state index is 0.0352. The highest BCUT2D eigenvalue weighted by Crippen LogP contribution is 2.00. The zero-order valence-corrected chi connectivity index (χ0v) is 14.0. The second-order valence-corrected chi connectivity index (χ2v) is 5.66. The molecule has 23 heavy (non-hydrogen) atoms. The molecule has 0 radical (unpaired) electrons. The summed E-state index contributed by atoms with van der Waals surface area (Å²) >= 11 is 0. The molecule has 0 spiro atoms. The van der Waals surface area contributed by atoms with Gasteiger partial charge in [-0.3, -0.25) is 19.4 Å². The second-order valence-electron chi connectivity index (χ2n) is 5.66. The number of aryl methyl sites for hydroxylation is 3. The van der Waals surface area contributed by atoms with Crippen molar-refractivity contribution in [1.82, 2.24) is 30.0 Å². The Kier molecular flexibility index (Phi) is 6.22. The van der Waals surface area contributed by atoms with Crippen molar-refractivity contribution < 1.29 is 4.79 Å². The predicted octanol–water partition coefficient (Wildman–Crippen LogP) is 0.928. The second kappa shape index (κ2) is 8.38. The van der Waals surface area contributed by atoms with Gasteiger partial charge in [0.1, 0.15) is 11.6 Å². The molecule has 0 bridgehead atoms. The van der Waals surface area contributed by atoms with Crippen molar-refractivity contribution in [2.24, 2.45) is 0 Å². The molecular weight excluding hydrogens is 292 g/mol. The monoisotopic (exact) mass is 316 g/mol. The van der Waals surface area contributed by atoms with Gasteiger partial charge >= 0.3 is 0 Å². The number of carbonyl (C=O) groups is 1. The quantitative estimate of drug-likeness (QED) is 0.733. The summed E-state index contributed by atoms with van der Waals surface area (Å²) in [5.74, 6) is 1.73. The number of likely N-dealkylation sites (N-methyl/N-ethyl adjacent to an activating group) is 1. The van der Waals surface area contributed by atoms with Gasteiger partial charge in [-0.1, -0.05) is 0 Å². The van der Waals surface area contributed by atoms with Crippen molar-refractivity contribution in [1.29, 1.82) is 0 Å². The van der Waals surface area contributed by atoms with Crippen LogP contribution in [-0.4, -0.2) is 50.7 Å². The first-order valence-electron chi connectivity index (χ1n) is 7.77. The lowest BCUT2D eigenvalue weighted by Crippen LogP contribution is -2.35. The Morgan fingerprint density at radius 1 is 1.30 bits per heavy atom. The number of aromatic nitrogens is 4. The Balaban J connectivity index is 1.64. The van der Waals surface area contributed by atoms with Crippen molar-refractivity contribution in [3.05, 3.63) is 41.7 Å². The van der Waals surface area contributed by atoms with Crippen molar-refractivity contribution in [3.8, 4) is 0 Å². The highest BCUT2D eigenvalue weighted by molar-refractivity contribution is 5.77. The normalized spacial score (nSPS) is 11.0. The number of nitrogens with one attached hydrogen (secondary N) is 1. The molecule has 0 saturated carbocycles. The highest BCUT2D eigenvalue weighted by atomic mass is 16.2. The van der Waals surface area contributed by atoms with Crippen molar-refractivity contribution >= 4 is 5.91 Å². The summed E-state index contributed by atoms with van der Waals surface area (Å²) in [5.41, 5.74) is 1.15. The van der Waals surface area contributed by atoms with E-state index in [1.165, 1.54) is 0 Å². The number of carbonyl (C=O) groups excluding carboxylic acids is 1. The van der Waals surface area contributed by atoms with E-state index in [2.05, 4.69) is 20.4 Å². The Bertz CT molecular complexity index is 625. The number of rotatable bonds is 8. The fourth-order valence-corrected chi connectivity index (χ4v) is 2.39. The first-order chi connectivity index (χ1) is 11.0. The lowest BCUT2D eigenvalue weighted by Gasteiger charge is -2.16. The molecule has 0 aliphatic heterocycles. The average molecular weight is 316 g/mol. The SMILES string of the molecule is Cc1nc(C)n(CCCNC(=O)CN(C)Cc2ccncc2)n1. The van der Waals surface area contributed by atoms with E-state index in [1.54, 1.807) is 12.4 Å². The van der Waals surface area contributed by atoms with Crippen LogP contribution in [0.4, 0.5) is 0 Å². The van der Waals surface area contributed by atoms with Gasteiger partial charge in [0.05, 0.1) is 6.54 Å². The summed E-state index contributed by atoms with van der Waals surface area (Å²) in [6.07, 6.45) is 4.36. The Morgan fingerprint density at radius 3 is 2.70 bits per heavy atom. The van der Waals surface area contributed by atoms with Gasteiger partial charge in [-0.25, -0.2) is 4.98 Å². The van der Waals surface area contributed by atoms with Gasteiger partial charge in [-0.05, 0) is 45.0 Å². The van der Waals surface area contributed by atoms with E-state index in [-0.39, 0.29) is 5.91 Å². The lowest BCUT2D eigenvalue weighted by atomic mass is 10.2. The van der Waals surface area contributed by atoms with E-state index in [0.29, 0.717) is 13.1 Å². The van der Waals surface area contributed by atoms with Crippen molar-refractivity contribution in [3.63, 3.8) is 0 Å². The molecule has 0 aliphatic carbocycles. The van der Waals surface area contributed by atoms with Crippen LogP contribution in [0, 0.1) is 13.8 Å². The smallest absolute Gasteiger partial charge is 0.234 e. The first-order valence-corrected chi connectivity index (χ1v) is 7.77. The minimum atomic E-state index is 0.0352. The van der Waals surface area contributed by atoms with E-state index < -0.39 is 0 Å². The zero-order chi connectivity index (χ0) is 16.7.